The molecule has 0 aromatic heterocycles. The number of rotatable bonds is 3. The Labute approximate surface area is 134 Å². The van der Waals surface area contributed by atoms with E-state index in [4.69, 9.17) is 23.9 Å². The summed E-state index contributed by atoms with van der Waals surface area (Å²) in [5.74, 6) is 3.12. The van der Waals surface area contributed by atoms with Crippen molar-refractivity contribution >= 4 is 5.71 Å². The van der Waals surface area contributed by atoms with E-state index in [9.17, 15) is 0 Å². The Morgan fingerprint density at radius 1 is 0.957 bits per heavy atom. The van der Waals surface area contributed by atoms with Crippen LogP contribution in [0.3, 0.4) is 0 Å². The van der Waals surface area contributed by atoms with Crippen molar-refractivity contribution in [2.75, 3.05) is 27.6 Å². The van der Waals surface area contributed by atoms with E-state index in [1.165, 1.54) is 5.56 Å². The molecule has 0 aliphatic carbocycles. The fourth-order valence-corrected chi connectivity index (χ4v) is 3.01. The third kappa shape index (κ3) is 2.29. The first-order chi connectivity index (χ1) is 11.3. The lowest BCUT2D eigenvalue weighted by Gasteiger charge is -2.20. The number of benzene rings is 2. The Hall–Kier alpha value is -2.69. The van der Waals surface area contributed by atoms with Crippen LogP contribution in [0.25, 0.3) is 0 Å². The standard InChI is InChI=1S/C18H17NO4/c1-20-12-3-4-15(21-2)14(8-12)18-13-9-17-16(22-10-23-17)7-11(13)5-6-19-18/h3-4,7-9H,5-6,10H2,1-2H3. The maximum absolute atomic E-state index is 5.52. The van der Waals surface area contributed by atoms with E-state index in [-0.39, 0.29) is 6.79 Å². The summed E-state index contributed by atoms with van der Waals surface area (Å²) in [6.07, 6.45) is 0.891. The molecule has 0 unspecified atom stereocenters. The van der Waals surface area contributed by atoms with Crippen molar-refractivity contribution in [3.63, 3.8) is 0 Å². The first-order valence-corrected chi connectivity index (χ1v) is 7.50. The van der Waals surface area contributed by atoms with Crippen LogP contribution in [0.2, 0.25) is 0 Å². The average Bonchev–Trinajstić information content (AvgIpc) is 3.06. The SMILES string of the molecule is COc1ccc(OC)c(C2=NCCc3cc4c(cc32)OCO4)c1. The Morgan fingerprint density at radius 3 is 2.57 bits per heavy atom. The zero-order chi connectivity index (χ0) is 15.8. The summed E-state index contributed by atoms with van der Waals surface area (Å²) >= 11 is 0. The molecule has 0 saturated carbocycles. The van der Waals surface area contributed by atoms with Crippen molar-refractivity contribution in [3.8, 4) is 23.0 Å². The van der Waals surface area contributed by atoms with Gasteiger partial charge in [0.1, 0.15) is 11.5 Å². The van der Waals surface area contributed by atoms with Gasteiger partial charge < -0.3 is 18.9 Å². The highest BCUT2D eigenvalue weighted by Gasteiger charge is 2.24. The molecule has 2 heterocycles. The number of fused-ring (bicyclic) bond motifs is 2. The summed E-state index contributed by atoms with van der Waals surface area (Å²) in [7, 11) is 3.32. The molecule has 0 spiro atoms. The number of methoxy groups -OCH3 is 2. The average molecular weight is 311 g/mol. The lowest BCUT2D eigenvalue weighted by atomic mass is 9.92. The number of hydrogen-bond acceptors (Lipinski definition) is 5. The highest BCUT2D eigenvalue weighted by atomic mass is 16.7. The van der Waals surface area contributed by atoms with Crippen molar-refractivity contribution in [2.24, 2.45) is 4.99 Å². The molecule has 0 atom stereocenters. The van der Waals surface area contributed by atoms with Gasteiger partial charge >= 0.3 is 0 Å². The molecule has 2 aliphatic rings. The third-order valence-corrected chi connectivity index (χ3v) is 4.17. The Kier molecular flexibility index (Phi) is 3.33. The van der Waals surface area contributed by atoms with Gasteiger partial charge in [-0.2, -0.15) is 0 Å². The van der Waals surface area contributed by atoms with Crippen LogP contribution < -0.4 is 18.9 Å². The van der Waals surface area contributed by atoms with Gasteiger partial charge in [-0.25, -0.2) is 0 Å². The van der Waals surface area contributed by atoms with E-state index in [2.05, 4.69) is 6.07 Å². The van der Waals surface area contributed by atoms with Gasteiger partial charge in [-0.15, -0.1) is 0 Å². The van der Waals surface area contributed by atoms with Gasteiger partial charge in [-0.05, 0) is 42.3 Å². The lowest BCUT2D eigenvalue weighted by molar-refractivity contribution is 0.174. The van der Waals surface area contributed by atoms with E-state index in [1.54, 1.807) is 14.2 Å². The van der Waals surface area contributed by atoms with Crippen molar-refractivity contribution in [3.05, 3.63) is 47.0 Å². The molecule has 0 radical (unpaired) electrons. The summed E-state index contributed by atoms with van der Waals surface area (Å²) in [6, 6.07) is 9.80. The molecular formula is C18H17NO4. The van der Waals surface area contributed by atoms with Crippen LogP contribution in [-0.4, -0.2) is 33.3 Å². The highest BCUT2D eigenvalue weighted by Crippen LogP contribution is 2.38. The molecule has 5 nitrogen and oxygen atoms in total. The molecule has 2 aliphatic heterocycles. The van der Waals surface area contributed by atoms with Crippen molar-refractivity contribution in [1.29, 1.82) is 0 Å². The van der Waals surface area contributed by atoms with Gasteiger partial charge in [-0.1, -0.05) is 0 Å². The smallest absolute Gasteiger partial charge is 0.231 e. The first-order valence-electron chi connectivity index (χ1n) is 7.50. The van der Waals surface area contributed by atoms with Gasteiger partial charge in [0.05, 0.1) is 19.9 Å². The minimum absolute atomic E-state index is 0.271. The highest BCUT2D eigenvalue weighted by molar-refractivity contribution is 6.16. The minimum Gasteiger partial charge on any atom is -0.497 e. The molecule has 2 aromatic rings. The maximum Gasteiger partial charge on any atom is 0.231 e. The monoisotopic (exact) mass is 311 g/mol. The summed E-state index contributed by atoms with van der Waals surface area (Å²) < 4.78 is 21.9. The summed E-state index contributed by atoms with van der Waals surface area (Å²) in [5, 5.41) is 0. The molecule has 23 heavy (non-hydrogen) atoms. The quantitative estimate of drug-likeness (QED) is 0.874. The van der Waals surface area contributed by atoms with Gasteiger partial charge in [0.15, 0.2) is 11.5 Å². The van der Waals surface area contributed by atoms with Gasteiger partial charge in [0, 0.05) is 17.7 Å². The molecule has 0 amide bonds. The van der Waals surface area contributed by atoms with Gasteiger partial charge in [0.25, 0.3) is 0 Å². The molecular weight excluding hydrogens is 294 g/mol. The van der Waals surface area contributed by atoms with Gasteiger partial charge in [-0.3, -0.25) is 4.99 Å². The van der Waals surface area contributed by atoms with Crippen molar-refractivity contribution < 1.29 is 18.9 Å². The Balaban J connectivity index is 1.87. The molecule has 0 fully saturated rings. The normalized spacial score (nSPS) is 15.0. The topological polar surface area (TPSA) is 49.3 Å². The fraction of sp³-hybridized carbons (Fsp3) is 0.278. The second-order valence-electron chi connectivity index (χ2n) is 5.41. The minimum atomic E-state index is 0.271. The van der Waals surface area contributed by atoms with E-state index < -0.39 is 0 Å². The molecule has 5 heteroatoms. The van der Waals surface area contributed by atoms with Gasteiger partial charge in [0.2, 0.25) is 6.79 Å². The second-order valence-corrected chi connectivity index (χ2v) is 5.41. The zero-order valence-corrected chi connectivity index (χ0v) is 13.1. The van der Waals surface area contributed by atoms with Crippen molar-refractivity contribution in [1.82, 2.24) is 0 Å². The molecule has 118 valence electrons. The van der Waals surface area contributed by atoms with E-state index in [0.29, 0.717) is 0 Å². The van der Waals surface area contributed by atoms with Crippen LogP contribution in [0.15, 0.2) is 35.3 Å². The van der Waals surface area contributed by atoms with E-state index in [1.807, 2.05) is 24.3 Å². The third-order valence-electron chi connectivity index (χ3n) is 4.17. The first kappa shape index (κ1) is 13.9. The molecule has 0 saturated heterocycles. The predicted octanol–water partition coefficient (Wildman–Crippen LogP) is 2.83. The summed E-state index contributed by atoms with van der Waals surface area (Å²) in [6.45, 7) is 1.01. The molecule has 4 rings (SSSR count). The van der Waals surface area contributed by atoms with Crippen molar-refractivity contribution in [2.45, 2.75) is 6.42 Å². The predicted molar refractivity (Wildman–Crippen MR) is 86.3 cm³/mol. The molecule has 0 bridgehead atoms. The van der Waals surface area contributed by atoms with Crippen LogP contribution in [0.1, 0.15) is 16.7 Å². The Morgan fingerprint density at radius 2 is 1.78 bits per heavy atom. The largest absolute Gasteiger partial charge is 0.497 e. The number of nitrogens with zero attached hydrogens (tertiary/aromatic N) is 1. The number of aliphatic imine (C=N–C) groups is 1. The second kappa shape index (κ2) is 5.50. The van der Waals surface area contributed by atoms with Crippen LogP contribution >= 0.6 is 0 Å². The number of hydrogen-bond donors (Lipinski definition) is 0. The fourth-order valence-electron chi connectivity index (χ4n) is 3.01. The van der Waals surface area contributed by atoms with Crippen LogP contribution in [0, 0.1) is 0 Å². The van der Waals surface area contributed by atoms with Crippen LogP contribution in [-0.2, 0) is 6.42 Å². The maximum atomic E-state index is 5.52. The lowest BCUT2D eigenvalue weighted by Crippen LogP contribution is -2.15. The van der Waals surface area contributed by atoms with E-state index >= 15 is 0 Å². The summed E-state index contributed by atoms with van der Waals surface area (Å²) in [5.41, 5.74) is 4.10. The molecule has 2 aromatic carbocycles. The zero-order valence-electron chi connectivity index (χ0n) is 13.1. The molecule has 0 N–H and O–H groups in total. The Bertz CT molecular complexity index is 798. The van der Waals surface area contributed by atoms with Crippen LogP contribution in [0.5, 0.6) is 23.0 Å². The van der Waals surface area contributed by atoms with E-state index in [0.717, 1.165) is 52.8 Å². The van der Waals surface area contributed by atoms with Crippen LogP contribution in [0.4, 0.5) is 0 Å². The summed E-state index contributed by atoms with van der Waals surface area (Å²) in [4.78, 5) is 4.74. The number of ether oxygens (including phenoxy) is 4.